The smallest absolute Gasteiger partial charge is 0.494 e. The molecule has 0 spiro atoms. The molecule has 0 aliphatic carbocycles. The van der Waals surface area contributed by atoms with E-state index in [1.54, 1.807) is 36.4 Å². The second-order valence-corrected chi connectivity index (χ2v) is 7.67. The average molecular weight is 464 g/mol. The van der Waals surface area contributed by atoms with Crippen LogP contribution in [-0.4, -0.2) is 13.0 Å². The molecule has 0 unspecified atom stereocenters. The maximum absolute atomic E-state index is 14.8. The third kappa shape index (κ3) is 7.20. The van der Waals surface area contributed by atoms with Crippen molar-refractivity contribution in [3.05, 3.63) is 72.3 Å². The quantitative estimate of drug-likeness (QED) is 0.221. The Balaban J connectivity index is 1.66. The fourth-order valence-electron chi connectivity index (χ4n) is 3.44. The summed E-state index contributed by atoms with van der Waals surface area (Å²) in [5.41, 5.74) is 1.56. The lowest BCUT2D eigenvalue weighted by atomic mass is 9.99. The van der Waals surface area contributed by atoms with E-state index < -0.39 is 23.7 Å². The van der Waals surface area contributed by atoms with Crippen molar-refractivity contribution in [2.24, 2.45) is 0 Å². The van der Waals surface area contributed by atoms with Crippen LogP contribution < -0.4 is 9.47 Å². The van der Waals surface area contributed by atoms with Crippen LogP contribution in [0.5, 0.6) is 11.5 Å². The summed E-state index contributed by atoms with van der Waals surface area (Å²) in [5, 5.41) is 0. The first-order chi connectivity index (χ1) is 15.8. The van der Waals surface area contributed by atoms with Gasteiger partial charge in [0.15, 0.2) is 11.6 Å². The van der Waals surface area contributed by atoms with E-state index in [1.807, 2.05) is 0 Å². The van der Waals surface area contributed by atoms with Gasteiger partial charge in [-0.25, -0.2) is 8.78 Å². The maximum Gasteiger partial charge on any atom is 0.573 e. The van der Waals surface area contributed by atoms with Gasteiger partial charge in [0.25, 0.3) is 0 Å². The summed E-state index contributed by atoms with van der Waals surface area (Å²) in [6.45, 7) is 2.80. The Morgan fingerprint density at radius 3 is 1.91 bits per heavy atom. The SMILES string of the molecule is CCCCCCCOc1ccc(-c2ccc(-c3ccc(OC(F)(F)F)c(F)c3)cc2F)cc1. The molecule has 7 heteroatoms. The summed E-state index contributed by atoms with van der Waals surface area (Å²) in [6, 6.07) is 14.4. The second-order valence-electron chi connectivity index (χ2n) is 7.67. The number of hydrogen-bond donors (Lipinski definition) is 0. The molecule has 3 rings (SSSR count). The van der Waals surface area contributed by atoms with Crippen LogP contribution in [0.15, 0.2) is 60.7 Å². The van der Waals surface area contributed by atoms with Gasteiger partial charge in [-0.2, -0.15) is 0 Å². The van der Waals surface area contributed by atoms with Gasteiger partial charge in [0.2, 0.25) is 0 Å². The number of ether oxygens (including phenoxy) is 2. The molecule has 33 heavy (non-hydrogen) atoms. The van der Waals surface area contributed by atoms with Gasteiger partial charge in [0, 0.05) is 5.56 Å². The van der Waals surface area contributed by atoms with E-state index in [1.165, 1.54) is 31.4 Å². The van der Waals surface area contributed by atoms with E-state index in [0.29, 0.717) is 29.0 Å². The van der Waals surface area contributed by atoms with Gasteiger partial charge in [-0.1, -0.05) is 62.9 Å². The number of alkyl halides is 3. The molecule has 0 bridgehead atoms. The van der Waals surface area contributed by atoms with Crippen LogP contribution in [0.2, 0.25) is 0 Å². The molecular formula is C26H25F5O2. The number of rotatable bonds is 10. The molecule has 0 atom stereocenters. The molecule has 0 aliphatic heterocycles. The van der Waals surface area contributed by atoms with E-state index >= 15 is 0 Å². The second kappa shape index (κ2) is 11.2. The fraction of sp³-hybridized carbons (Fsp3) is 0.308. The molecule has 0 aliphatic rings. The molecular weight excluding hydrogens is 439 g/mol. The van der Waals surface area contributed by atoms with Crippen molar-refractivity contribution in [3.8, 4) is 33.8 Å². The lowest BCUT2D eigenvalue weighted by molar-refractivity contribution is -0.275. The van der Waals surface area contributed by atoms with E-state index in [4.69, 9.17) is 4.74 Å². The molecule has 0 radical (unpaired) electrons. The number of benzene rings is 3. The van der Waals surface area contributed by atoms with Crippen molar-refractivity contribution in [3.63, 3.8) is 0 Å². The zero-order chi connectivity index (χ0) is 23.8. The molecule has 0 saturated heterocycles. The Kier molecular flexibility index (Phi) is 8.31. The van der Waals surface area contributed by atoms with Gasteiger partial charge in [-0.15, -0.1) is 13.2 Å². The van der Waals surface area contributed by atoms with Crippen LogP contribution in [0.4, 0.5) is 22.0 Å². The topological polar surface area (TPSA) is 18.5 Å². The third-order valence-corrected chi connectivity index (χ3v) is 5.14. The molecule has 0 aromatic heterocycles. The lowest BCUT2D eigenvalue weighted by Crippen LogP contribution is -2.17. The Labute approximate surface area is 190 Å². The fourth-order valence-corrected chi connectivity index (χ4v) is 3.44. The minimum atomic E-state index is -4.99. The lowest BCUT2D eigenvalue weighted by Gasteiger charge is -2.12. The molecule has 3 aromatic rings. The van der Waals surface area contributed by atoms with Crippen LogP contribution in [0, 0.1) is 11.6 Å². The van der Waals surface area contributed by atoms with Crippen LogP contribution in [0.3, 0.4) is 0 Å². The molecule has 176 valence electrons. The first-order valence-corrected chi connectivity index (χ1v) is 10.9. The van der Waals surface area contributed by atoms with E-state index in [0.717, 1.165) is 25.0 Å². The minimum Gasteiger partial charge on any atom is -0.494 e. The summed E-state index contributed by atoms with van der Waals surface area (Å²) in [5.74, 6) is -1.95. The van der Waals surface area contributed by atoms with Crippen LogP contribution >= 0.6 is 0 Å². The van der Waals surface area contributed by atoms with Crippen molar-refractivity contribution >= 4 is 0 Å². The van der Waals surface area contributed by atoms with Gasteiger partial charge < -0.3 is 9.47 Å². The molecule has 3 aromatic carbocycles. The highest BCUT2D eigenvalue weighted by atomic mass is 19.4. The zero-order valence-electron chi connectivity index (χ0n) is 18.2. The zero-order valence-corrected chi connectivity index (χ0v) is 18.2. The third-order valence-electron chi connectivity index (χ3n) is 5.14. The summed E-state index contributed by atoms with van der Waals surface area (Å²) >= 11 is 0. The number of hydrogen-bond acceptors (Lipinski definition) is 2. The standard InChI is InChI=1S/C26H25F5O2/c1-2-3-4-5-6-15-32-21-11-7-18(8-12-21)22-13-9-19(16-23(22)27)20-10-14-25(24(28)17-20)33-26(29,30)31/h7-14,16-17H,2-6,15H2,1H3. The van der Waals surface area contributed by atoms with Crippen molar-refractivity contribution < 1.29 is 31.4 Å². The Bertz CT molecular complexity index is 1050. The molecule has 0 N–H and O–H groups in total. The number of unbranched alkanes of at least 4 members (excludes halogenated alkanes) is 4. The highest BCUT2D eigenvalue weighted by Crippen LogP contribution is 2.32. The number of halogens is 5. The van der Waals surface area contributed by atoms with Gasteiger partial charge in [0.1, 0.15) is 11.6 Å². The highest BCUT2D eigenvalue weighted by molar-refractivity contribution is 5.71. The van der Waals surface area contributed by atoms with Gasteiger partial charge >= 0.3 is 6.36 Å². The van der Waals surface area contributed by atoms with Crippen molar-refractivity contribution in [2.45, 2.75) is 45.4 Å². The molecule has 0 amide bonds. The van der Waals surface area contributed by atoms with Crippen LogP contribution in [0.25, 0.3) is 22.3 Å². The van der Waals surface area contributed by atoms with Crippen molar-refractivity contribution in [1.82, 2.24) is 0 Å². The first-order valence-electron chi connectivity index (χ1n) is 10.9. The first kappa shape index (κ1) is 24.6. The Morgan fingerprint density at radius 1 is 0.697 bits per heavy atom. The van der Waals surface area contributed by atoms with Crippen LogP contribution in [0.1, 0.15) is 39.0 Å². The Hall–Kier alpha value is -3.09. The monoisotopic (exact) mass is 464 g/mol. The minimum absolute atomic E-state index is 0.232. The largest absolute Gasteiger partial charge is 0.573 e. The molecule has 2 nitrogen and oxygen atoms in total. The summed E-state index contributed by atoms with van der Waals surface area (Å²) in [6.07, 6.45) is 0.746. The van der Waals surface area contributed by atoms with Crippen molar-refractivity contribution in [2.75, 3.05) is 6.61 Å². The summed E-state index contributed by atoms with van der Waals surface area (Å²) in [7, 11) is 0. The average Bonchev–Trinajstić information content (AvgIpc) is 2.77. The summed E-state index contributed by atoms with van der Waals surface area (Å²) < 4.78 is 75.0. The van der Waals surface area contributed by atoms with E-state index in [9.17, 15) is 22.0 Å². The summed E-state index contributed by atoms with van der Waals surface area (Å²) in [4.78, 5) is 0. The van der Waals surface area contributed by atoms with Gasteiger partial charge in [-0.3, -0.25) is 0 Å². The molecule has 0 fully saturated rings. The molecule has 0 saturated carbocycles. The van der Waals surface area contributed by atoms with Crippen molar-refractivity contribution in [1.29, 1.82) is 0 Å². The predicted octanol–water partition coefficient (Wildman–Crippen LogP) is 8.55. The van der Waals surface area contributed by atoms with Crippen LogP contribution in [-0.2, 0) is 0 Å². The predicted molar refractivity (Wildman–Crippen MR) is 118 cm³/mol. The Morgan fingerprint density at radius 2 is 1.30 bits per heavy atom. The van der Waals surface area contributed by atoms with E-state index in [2.05, 4.69) is 11.7 Å². The normalized spacial score (nSPS) is 11.5. The van der Waals surface area contributed by atoms with E-state index in [-0.39, 0.29) is 5.56 Å². The maximum atomic E-state index is 14.8. The van der Waals surface area contributed by atoms with Gasteiger partial charge in [0.05, 0.1) is 6.61 Å². The van der Waals surface area contributed by atoms with Gasteiger partial charge in [-0.05, 0) is 53.4 Å². The molecule has 0 heterocycles. The highest BCUT2D eigenvalue weighted by Gasteiger charge is 2.32.